The van der Waals surface area contributed by atoms with Crippen LogP contribution in [0.3, 0.4) is 0 Å². The number of nitrogens with one attached hydrogen (secondary N) is 2. The molecular formula is C51H44ClN5O8S2. The molecular weight excluding hydrogens is 910 g/mol. The first kappa shape index (κ1) is 46.5. The number of aldehydes is 1. The molecule has 2 aliphatic heterocycles. The van der Waals surface area contributed by atoms with Crippen molar-refractivity contribution >= 4 is 75.7 Å². The van der Waals surface area contributed by atoms with Gasteiger partial charge in [-0.1, -0.05) is 180 Å². The molecule has 5 aromatic carbocycles. The number of ether oxygens (including phenoxy) is 2. The van der Waals surface area contributed by atoms with Crippen LogP contribution in [0.25, 0.3) is 0 Å². The van der Waals surface area contributed by atoms with Crippen molar-refractivity contribution in [3.8, 4) is 0 Å². The average molecular weight is 955 g/mol. The van der Waals surface area contributed by atoms with Gasteiger partial charge in [-0.05, 0) is 37.5 Å². The van der Waals surface area contributed by atoms with Crippen LogP contribution in [-0.4, -0.2) is 68.5 Å². The number of β-lactam (4-membered cyclic amide) rings is 1. The molecule has 3 heterocycles. The molecule has 0 saturated carbocycles. The minimum atomic E-state index is -1.44. The maximum atomic E-state index is 14.8. The molecule has 1 aromatic heterocycles. The predicted octanol–water partition coefficient (Wildman–Crippen LogP) is 9.43. The molecule has 1 saturated heterocycles. The van der Waals surface area contributed by atoms with E-state index in [1.54, 1.807) is 20.8 Å². The van der Waals surface area contributed by atoms with Crippen LogP contribution in [-0.2, 0) is 39.1 Å². The summed E-state index contributed by atoms with van der Waals surface area (Å²) < 4.78 is 11.6. The Bertz CT molecular complexity index is 2690. The molecule has 0 radical (unpaired) electrons. The topological polar surface area (TPSA) is 166 Å². The summed E-state index contributed by atoms with van der Waals surface area (Å²) in [4.78, 5) is 80.8. The molecule has 2 unspecified atom stereocenters. The van der Waals surface area contributed by atoms with Crippen molar-refractivity contribution in [3.05, 3.63) is 201 Å². The third kappa shape index (κ3) is 10.0. The van der Waals surface area contributed by atoms with Crippen LogP contribution in [0.5, 0.6) is 0 Å². The number of halogens is 1. The number of anilines is 1. The maximum absolute atomic E-state index is 14.8. The Labute approximate surface area is 400 Å². The van der Waals surface area contributed by atoms with Crippen molar-refractivity contribution in [2.24, 2.45) is 5.16 Å². The number of carbonyl (C=O) groups is 5. The van der Waals surface area contributed by atoms with Gasteiger partial charge in [-0.3, -0.25) is 19.8 Å². The van der Waals surface area contributed by atoms with E-state index in [1.165, 1.54) is 16.7 Å². The Morgan fingerprint density at radius 3 is 1.82 bits per heavy atom. The average Bonchev–Trinajstić information content (AvgIpc) is 3.70. The molecule has 0 bridgehead atoms. The third-order valence-electron chi connectivity index (χ3n) is 10.7. The van der Waals surface area contributed by atoms with E-state index >= 15 is 0 Å². The van der Waals surface area contributed by atoms with E-state index in [1.807, 2.05) is 152 Å². The van der Waals surface area contributed by atoms with Crippen LogP contribution >= 0.6 is 34.7 Å². The minimum Gasteiger partial charge on any atom is -0.448 e. The van der Waals surface area contributed by atoms with Gasteiger partial charge in [0.1, 0.15) is 39.0 Å². The van der Waals surface area contributed by atoms with Crippen LogP contribution < -0.4 is 10.6 Å². The fraction of sp³-hybridized carbons (Fsp3) is 0.196. The van der Waals surface area contributed by atoms with E-state index in [-0.39, 0.29) is 33.0 Å². The third-order valence-corrected chi connectivity index (χ3v) is 13.2. The number of benzene rings is 5. The van der Waals surface area contributed by atoms with E-state index in [0.717, 1.165) is 11.3 Å². The molecule has 0 aliphatic carbocycles. The molecule has 6 aromatic rings. The van der Waals surface area contributed by atoms with Crippen molar-refractivity contribution in [1.29, 1.82) is 0 Å². The Hall–Kier alpha value is -7.07. The second kappa shape index (κ2) is 20.2. The number of rotatable bonds is 15. The van der Waals surface area contributed by atoms with Crippen molar-refractivity contribution in [2.45, 2.75) is 55.9 Å². The summed E-state index contributed by atoms with van der Waals surface area (Å²) in [5.41, 5.74) is 0.965. The highest BCUT2D eigenvalue weighted by Crippen LogP contribution is 2.44. The summed E-state index contributed by atoms with van der Waals surface area (Å²) in [5, 5.41) is 9.19. The quantitative estimate of drug-likeness (QED) is 0.0253. The molecule has 2 atom stereocenters. The second-order valence-electron chi connectivity index (χ2n) is 16.4. The summed E-state index contributed by atoms with van der Waals surface area (Å²) in [5.74, 6) is -2.12. The van der Waals surface area contributed by atoms with Crippen LogP contribution in [0.4, 0.5) is 9.93 Å². The minimum absolute atomic E-state index is 0.00392. The van der Waals surface area contributed by atoms with Gasteiger partial charge in [0.15, 0.2) is 16.9 Å². The van der Waals surface area contributed by atoms with Crippen LogP contribution in [0.1, 0.15) is 66.8 Å². The number of aromatic nitrogens is 1. The zero-order chi connectivity index (χ0) is 47.1. The first-order valence-corrected chi connectivity index (χ1v) is 23.4. The Morgan fingerprint density at radius 2 is 1.33 bits per heavy atom. The number of nitrogens with zero attached hydrogens (tertiary/aromatic N) is 3. The van der Waals surface area contributed by atoms with E-state index in [2.05, 4.69) is 20.8 Å². The van der Waals surface area contributed by atoms with E-state index in [9.17, 15) is 24.0 Å². The molecule has 67 heavy (non-hydrogen) atoms. The van der Waals surface area contributed by atoms with Gasteiger partial charge in [-0.15, -0.1) is 11.8 Å². The fourth-order valence-electron chi connectivity index (χ4n) is 7.76. The number of thioether (sulfide) groups is 1. The molecule has 340 valence electrons. The van der Waals surface area contributed by atoms with Crippen LogP contribution in [0.2, 0.25) is 4.34 Å². The number of hydrogen-bond acceptors (Lipinski definition) is 12. The van der Waals surface area contributed by atoms with Crippen LogP contribution in [0.15, 0.2) is 168 Å². The molecule has 1 fully saturated rings. The lowest BCUT2D eigenvalue weighted by Gasteiger charge is -2.49. The summed E-state index contributed by atoms with van der Waals surface area (Å²) in [6, 6.07) is 45.3. The fourth-order valence-corrected chi connectivity index (χ4v) is 10.2. The number of carbonyl (C=O) groups excluding carboxylic acids is 5. The maximum Gasteiger partial charge on any atom is 0.413 e. The first-order chi connectivity index (χ1) is 32.4. The summed E-state index contributed by atoms with van der Waals surface area (Å²) in [6.07, 6.45) is -1.07. The van der Waals surface area contributed by atoms with Crippen molar-refractivity contribution < 1.29 is 38.3 Å². The lowest BCUT2D eigenvalue weighted by molar-refractivity contribution is -0.154. The lowest BCUT2D eigenvalue weighted by Crippen LogP contribution is -2.71. The first-order valence-electron chi connectivity index (χ1n) is 21.2. The summed E-state index contributed by atoms with van der Waals surface area (Å²) in [6.45, 7) is 5.13. The van der Waals surface area contributed by atoms with Crippen LogP contribution in [0, 0.1) is 0 Å². The molecule has 2 N–H and O–H groups in total. The Kier molecular flexibility index (Phi) is 14.0. The summed E-state index contributed by atoms with van der Waals surface area (Å²) >= 11 is 8.98. The van der Waals surface area contributed by atoms with Gasteiger partial charge < -0.3 is 24.4 Å². The summed E-state index contributed by atoms with van der Waals surface area (Å²) in [7, 11) is 0. The van der Waals surface area contributed by atoms with E-state index < -0.39 is 58.3 Å². The molecule has 2 aliphatic rings. The molecule has 13 nitrogen and oxygen atoms in total. The zero-order valence-electron chi connectivity index (χ0n) is 36.5. The Morgan fingerprint density at radius 1 is 0.821 bits per heavy atom. The molecule has 3 amide bonds. The number of oxime groups is 1. The highest BCUT2D eigenvalue weighted by molar-refractivity contribution is 8.00. The number of hydrogen-bond donors (Lipinski definition) is 2. The highest BCUT2D eigenvalue weighted by atomic mass is 35.5. The zero-order valence-corrected chi connectivity index (χ0v) is 38.8. The number of fused-ring (bicyclic) bond motifs is 1. The largest absolute Gasteiger partial charge is 0.448 e. The van der Waals surface area contributed by atoms with Gasteiger partial charge >= 0.3 is 12.1 Å². The van der Waals surface area contributed by atoms with Gasteiger partial charge in [0, 0.05) is 28.9 Å². The molecule has 8 rings (SSSR count). The second-order valence-corrected chi connectivity index (χ2v) is 19.1. The smallest absolute Gasteiger partial charge is 0.413 e. The van der Waals surface area contributed by atoms with E-state index in [0.29, 0.717) is 39.7 Å². The van der Waals surface area contributed by atoms with Gasteiger partial charge in [-0.2, -0.15) is 0 Å². The van der Waals surface area contributed by atoms with Gasteiger partial charge in [0.25, 0.3) is 11.8 Å². The monoisotopic (exact) mass is 953 g/mol. The van der Waals surface area contributed by atoms with E-state index in [4.69, 9.17) is 25.9 Å². The van der Waals surface area contributed by atoms with Crippen molar-refractivity contribution in [3.63, 3.8) is 0 Å². The number of amides is 3. The number of esters is 1. The number of thiazole rings is 1. The van der Waals surface area contributed by atoms with Crippen molar-refractivity contribution in [1.82, 2.24) is 15.2 Å². The van der Waals surface area contributed by atoms with Crippen molar-refractivity contribution in [2.75, 3.05) is 11.1 Å². The predicted molar refractivity (Wildman–Crippen MR) is 257 cm³/mol. The standard InChI is InChI=1S/C51H44ClN5O8S2/c1-50(2,3)64-49(62)55-48-54-38(43(52)67-48)39(56-65-51(35-23-13-6-14-24-35,36-25-15-7-16-26-36)37-27-17-8-18-28-37)44(59)53-40-45(60)57-41(34(29-30-58)31-66-46(40)57)47(61)63-42(32-19-9-4-10-20-32)33-21-11-5-12-22-33/h4-28,30,40,42,46H,29,31H2,1-3H3,(H,53,59)(H,54,55,62)/b56-39+. The van der Waals surface area contributed by atoms with Gasteiger partial charge in [0.05, 0.1) is 0 Å². The SMILES string of the molecule is CC(C)(C)OC(=O)Nc1nc(/C(=N\OC(c2ccccc2)(c2ccccc2)c2ccccc2)C(=O)NC2C(=O)N3C(C(=O)OC(c4ccccc4)c4ccccc4)=C(CC=O)CSC23)c(Cl)s1. The normalized spacial score (nSPS) is 16.1. The molecule has 16 heteroatoms. The van der Waals surface area contributed by atoms with Gasteiger partial charge in [0.2, 0.25) is 5.60 Å². The Balaban J connectivity index is 1.15. The lowest BCUT2D eigenvalue weighted by atomic mass is 9.80. The molecule has 0 spiro atoms. The highest BCUT2D eigenvalue weighted by Gasteiger charge is 2.55. The van der Waals surface area contributed by atoms with Gasteiger partial charge in [-0.25, -0.2) is 14.6 Å².